The highest BCUT2D eigenvalue weighted by atomic mass is 35.5. The molecular formula is C19H30ClN3O3S. The molecule has 0 saturated carbocycles. The average molecular weight is 416 g/mol. The zero-order valence-corrected chi connectivity index (χ0v) is 17.7. The fraction of sp³-hybridized carbons (Fsp3) is 0.632. The standard InChI is InChI=1S/C19H29N3O3S.ClH/c1-14-3-4-18(13-15(14)2)26(24,25)22-11-7-16(8-12-22)19(23)21-17-5-9-20-10-6-17;/h3-4,13,16-17,20H,5-12H2,1-2H3,(H,21,23);1H. The Morgan fingerprint density at radius 3 is 2.30 bits per heavy atom. The van der Waals surface area contributed by atoms with Crippen LogP contribution in [-0.2, 0) is 14.8 Å². The molecule has 2 N–H and O–H groups in total. The monoisotopic (exact) mass is 415 g/mol. The van der Waals surface area contributed by atoms with E-state index in [9.17, 15) is 13.2 Å². The van der Waals surface area contributed by atoms with Crippen LogP contribution in [0.15, 0.2) is 23.1 Å². The lowest BCUT2D eigenvalue weighted by molar-refractivity contribution is -0.127. The third kappa shape index (κ3) is 5.22. The van der Waals surface area contributed by atoms with E-state index in [0.717, 1.165) is 37.1 Å². The Morgan fingerprint density at radius 2 is 1.70 bits per heavy atom. The smallest absolute Gasteiger partial charge is 0.243 e. The summed E-state index contributed by atoms with van der Waals surface area (Å²) in [7, 11) is -3.48. The number of piperidine rings is 2. The van der Waals surface area contributed by atoms with E-state index < -0.39 is 10.0 Å². The Labute approximate surface area is 168 Å². The van der Waals surface area contributed by atoms with Gasteiger partial charge in [0, 0.05) is 25.0 Å². The fourth-order valence-corrected chi connectivity index (χ4v) is 5.22. The number of hydrogen-bond donors (Lipinski definition) is 2. The molecule has 2 saturated heterocycles. The minimum absolute atomic E-state index is 0. The highest BCUT2D eigenvalue weighted by Crippen LogP contribution is 2.25. The predicted octanol–water partition coefficient (Wildman–Crippen LogP) is 1.99. The van der Waals surface area contributed by atoms with Gasteiger partial charge in [-0.25, -0.2) is 8.42 Å². The van der Waals surface area contributed by atoms with Crippen molar-refractivity contribution in [2.45, 2.75) is 50.5 Å². The first-order chi connectivity index (χ1) is 12.4. The van der Waals surface area contributed by atoms with Crippen molar-refractivity contribution in [3.63, 3.8) is 0 Å². The fourth-order valence-electron chi connectivity index (χ4n) is 3.67. The van der Waals surface area contributed by atoms with Crippen LogP contribution in [0.5, 0.6) is 0 Å². The van der Waals surface area contributed by atoms with Gasteiger partial charge in [0.2, 0.25) is 15.9 Å². The number of hydrogen-bond acceptors (Lipinski definition) is 4. The van der Waals surface area contributed by atoms with Crippen LogP contribution in [0.25, 0.3) is 0 Å². The molecule has 1 amide bonds. The minimum Gasteiger partial charge on any atom is -0.353 e. The molecular weight excluding hydrogens is 386 g/mol. The molecule has 0 atom stereocenters. The van der Waals surface area contributed by atoms with Gasteiger partial charge >= 0.3 is 0 Å². The molecule has 0 spiro atoms. The lowest BCUT2D eigenvalue weighted by Crippen LogP contribution is -2.47. The molecule has 1 aromatic rings. The van der Waals surface area contributed by atoms with E-state index in [1.807, 2.05) is 19.9 Å². The van der Waals surface area contributed by atoms with E-state index >= 15 is 0 Å². The molecule has 0 bridgehead atoms. The summed E-state index contributed by atoms with van der Waals surface area (Å²) in [5.41, 5.74) is 2.06. The average Bonchev–Trinajstić information content (AvgIpc) is 2.65. The van der Waals surface area contributed by atoms with Crippen LogP contribution in [0.2, 0.25) is 0 Å². The van der Waals surface area contributed by atoms with Crippen molar-refractivity contribution >= 4 is 28.3 Å². The van der Waals surface area contributed by atoms with Gasteiger partial charge < -0.3 is 10.6 Å². The first-order valence-corrected chi connectivity index (χ1v) is 10.9. The van der Waals surface area contributed by atoms with Crippen molar-refractivity contribution in [3.05, 3.63) is 29.3 Å². The van der Waals surface area contributed by atoms with Crippen LogP contribution in [-0.4, -0.2) is 50.9 Å². The Bertz CT molecular complexity index is 755. The SMILES string of the molecule is Cc1ccc(S(=O)(=O)N2CCC(C(=O)NC3CCNCC3)CC2)cc1C.Cl. The second kappa shape index (κ2) is 9.37. The van der Waals surface area contributed by atoms with Gasteiger partial charge in [-0.3, -0.25) is 4.79 Å². The van der Waals surface area contributed by atoms with Crippen LogP contribution < -0.4 is 10.6 Å². The Kier molecular flexibility index (Phi) is 7.68. The zero-order valence-electron chi connectivity index (χ0n) is 16.0. The number of aryl methyl sites for hydroxylation is 2. The van der Waals surface area contributed by atoms with Crippen LogP contribution >= 0.6 is 12.4 Å². The van der Waals surface area contributed by atoms with Crippen molar-refractivity contribution in [1.29, 1.82) is 0 Å². The summed E-state index contributed by atoms with van der Waals surface area (Å²) in [5, 5.41) is 6.43. The minimum atomic E-state index is -3.48. The number of nitrogens with one attached hydrogen (secondary N) is 2. The molecule has 0 aliphatic carbocycles. The molecule has 1 aromatic carbocycles. The molecule has 6 nitrogen and oxygen atoms in total. The molecule has 2 fully saturated rings. The summed E-state index contributed by atoms with van der Waals surface area (Å²) in [6.07, 6.45) is 3.10. The molecule has 3 rings (SSSR count). The maximum absolute atomic E-state index is 12.9. The number of sulfonamides is 1. The quantitative estimate of drug-likeness (QED) is 0.788. The van der Waals surface area contributed by atoms with Crippen molar-refractivity contribution in [2.75, 3.05) is 26.2 Å². The second-order valence-electron chi connectivity index (χ2n) is 7.46. The van der Waals surface area contributed by atoms with Crippen molar-refractivity contribution in [2.24, 2.45) is 5.92 Å². The van der Waals surface area contributed by atoms with Gasteiger partial charge in [-0.2, -0.15) is 4.31 Å². The summed E-state index contributed by atoms with van der Waals surface area (Å²) in [4.78, 5) is 12.8. The van der Waals surface area contributed by atoms with Gasteiger partial charge in [-0.05, 0) is 75.9 Å². The molecule has 8 heteroatoms. The lowest BCUT2D eigenvalue weighted by atomic mass is 9.96. The van der Waals surface area contributed by atoms with Gasteiger partial charge in [0.15, 0.2) is 0 Å². The third-order valence-corrected chi connectivity index (χ3v) is 7.52. The molecule has 0 radical (unpaired) electrons. The first-order valence-electron chi connectivity index (χ1n) is 9.46. The summed E-state index contributed by atoms with van der Waals surface area (Å²) in [6.45, 7) is 6.58. The molecule has 0 aromatic heterocycles. The van der Waals surface area contributed by atoms with Gasteiger partial charge in [0.05, 0.1) is 4.90 Å². The Balaban J connectivity index is 0.00000261. The van der Waals surface area contributed by atoms with Crippen LogP contribution in [0, 0.1) is 19.8 Å². The van der Waals surface area contributed by atoms with E-state index in [4.69, 9.17) is 0 Å². The van der Waals surface area contributed by atoms with Gasteiger partial charge in [0.25, 0.3) is 0 Å². The molecule has 2 aliphatic rings. The maximum atomic E-state index is 12.9. The highest BCUT2D eigenvalue weighted by molar-refractivity contribution is 7.89. The number of rotatable bonds is 4. The lowest BCUT2D eigenvalue weighted by Gasteiger charge is -2.32. The normalized spacial score (nSPS) is 20.1. The molecule has 2 heterocycles. The molecule has 152 valence electrons. The second-order valence-corrected chi connectivity index (χ2v) is 9.40. The van der Waals surface area contributed by atoms with Crippen LogP contribution in [0.3, 0.4) is 0 Å². The first kappa shape index (κ1) is 22.1. The summed E-state index contributed by atoms with van der Waals surface area (Å²) in [6, 6.07) is 5.51. The number of halogens is 1. The number of benzene rings is 1. The molecule has 27 heavy (non-hydrogen) atoms. The zero-order chi connectivity index (χ0) is 18.7. The third-order valence-electron chi connectivity index (χ3n) is 5.63. The molecule has 0 unspecified atom stereocenters. The summed E-state index contributed by atoms with van der Waals surface area (Å²) >= 11 is 0. The van der Waals surface area contributed by atoms with E-state index in [1.165, 1.54) is 4.31 Å². The number of carbonyl (C=O) groups is 1. The number of nitrogens with zero attached hydrogens (tertiary/aromatic N) is 1. The number of carbonyl (C=O) groups excluding carboxylic acids is 1. The summed E-state index contributed by atoms with van der Waals surface area (Å²) < 4.78 is 27.2. The van der Waals surface area contributed by atoms with Gasteiger partial charge in [0.1, 0.15) is 0 Å². The van der Waals surface area contributed by atoms with E-state index in [0.29, 0.717) is 30.8 Å². The van der Waals surface area contributed by atoms with E-state index in [1.54, 1.807) is 12.1 Å². The van der Waals surface area contributed by atoms with Crippen LogP contribution in [0.1, 0.15) is 36.8 Å². The van der Waals surface area contributed by atoms with Gasteiger partial charge in [-0.15, -0.1) is 12.4 Å². The van der Waals surface area contributed by atoms with Crippen molar-refractivity contribution < 1.29 is 13.2 Å². The molecule has 2 aliphatic heterocycles. The Morgan fingerprint density at radius 1 is 1.07 bits per heavy atom. The van der Waals surface area contributed by atoms with Crippen LogP contribution in [0.4, 0.5) is 0 Å². The van der Waals surface area contributed by atoms with E-state index in [-0.39, 0.29) is 30.3 Å². The number of amides is 1. The highest BCUT2D eigenvalue weighted by Gasteiger charge is 2.32. The maximum Gasteiger partial charge on any atom is 0.243 e. The van der Waals surface area contributed by atoms with Gasteiger partial charge in [-0.1, -0.05) is 6.07 Å². The van der Waals surface area contributed by atoms with Crippen molar-refractivity contribution in [1.82, 2.24) is 14.9 Å². The van der Waals surface area contributed by atoms with E-state index in [2.05, 4.69) is 10.6 Å². The topological polar surface area (TPSA) is 78.5 Å². The van der Waals surface area contributed by atoms with Crippen molar-refractivity contribution in [3.8, 4) is 0 Å². The predicted molar refractivity (Wildman–Crippen MR) is 109 cm³/mol. The largest absolute Gasteiger partial charge is 0.353 e. The summed E-state index contributed by atoms with van der Waals surface area (Å²) in [5.74, 6) is -0.00350. The Hall–Kier alpha value is -1.15.